The molecule has 0 saturated carbocycles. The lowest BCUT2D eigenvalue weighted by atomic mass is 10.3. The Balaban J connectivity index is 1.68. The Morgan fingerprint density at radius 2 is 2.31 bits per heavy atom. The van der Waals surface area contributed by atoms with E-state index in [1.807, 2.05) is 29.6 Å². The van der Waals surface area contributed by atoms with Gasteiger partial charge in [0.15, 0.2) is 0 Å². The van der Waals surface area contributed by atoms with Crippen molar-refractivity contribution in [2.75, 3.05) is 0 Å². The SMILES string of the molecule is O=C(Cc1cccs1)NNCc1ccco1. The van der Waals surface area contributed by atoms with Crippen molar-refractivity contribution in [3.05, 3.63) is 46.5 Å². The van der Waals surface area contributed by atoms with Crippen LogP contribution in [0, 0.1) is 0 Å². The number of hydrazine groups is 1. The quantitative estimate of drug-likeness (QED) is 0.777. The number of thiophene rings is 1. The highest BCUT2D eigenvalue weighted by Crippen LogP contribution is 2.08. The topological polar surface area (TPSA) is 54.3 Å². The molecule has 4 nitrogen and oxygen atoms in total. The predicted octanol–water partition coefficient (Wildman–Crippen LogP) is 1.70. The van der Waals surface area contributed by atoms with Crippen molar-refractivity contribution in [1.29, 1.82) is 0 Å². The molecule has 0 spiro atoms. The fourth-order valence-corrected chi connectivity index (χ4v) is 1.96. The third-order valence-corrected chi connectivity index (χ3v) is 2.86. The van der Waals surface area contributed by atoms with Gasteiger partial charge in [-0.05, 0) is 23.6 Å². The molecule has 2 N–H and O–H groups in total. The summed E-state index contributed by atoms with van der Waals surface area (Å²) >= 11 is 1.58. The van der Waals surface area contributed by atoms with Gasteiger partial charge in [0.2, 0.25) is 5.91 Å². The van der Waals surface area contributed by atoms with E-state index in [2.05, 4.69) is 10.9 Å². The van der Waals surface area contributed by atoms with E-state index in [0.717, 1.165) is 10.6 Å². The van der Waals surface area contributed by atoms with Gasteiger partial charge in [-0.2, -0.15) is 0 Å². The van der Waals surface area contributed by atoms with Gasteiger partial charge in [-0.1, -0.05) is 6.07 Å². The summed E-state index contributed by atoms with van der Waals surface area (Å²) in [5.74, 6) is 0.741. The number of hydrogen-bond donors (Lipinski definition) is 2. The molecule has 2 rings (SSSR count). The van der Waals surface area contributed by atoms with Gasteiger partial charge in [0, 0.05) is 4.88 Å². The van der Waals surface area contributed by atoms with Crippen molar-refractivity contribution < 1.29 is 9.21 Å². The standard InChI is InChI=1S/C11H12N2O2S/c14-11(7-10-4-2-6-16-10)13-12-8-9-3-1-5-15-9/h1-6,12H,7-8H2,(H,13,14). The summed E-state index contributed by atoms with van der Waals surface area (Å²) in [6, 6.07) is 7.53. The first-order valence-electron chi connectivity index (χ1n) is 4.91. The zero-order chi connectivity index (χ0) is 11.2. The van der Waals surface area contributed by atoms with Crippen LogP contribution in [-0.4, -0.2) is 5.91 Å². The predicted molar refractivity (Wildman–Crippen MR) is 61.7 cm³/mol. The van der Waals surface area contributed by atoms with E-state index in [1.165, 1.54) is 0 Å². The summed E-state index contributed by atoms with van der Waals surface area (Å²) in [6.07, 6.45) is 2.01. The molecule has 0 aromatic carbocycles. The van der Waals surface area contributed by atoms with Gasteiger partial charge in [0.1, 0.15) is 5.76 Å². The van der Waals surface area contributed by atoms with Crippen molar-refractivity contribution in [3.8, 4) is 0 Å². The third kappa shape index (κ3) is 3.22. The lowest BCUT2D eigenvalue weighted by molar-refractivity contribution is -0.121. The van der Waals surface area contributed by atoms with Gasteiger partial charge in [-0.15, -0.1) is 11.3 Å². The molecule has 0 aliphatic carbocycles. The summed E-state index contributed by atoms with van der Waals surface area (Å²) < 4.78 is 5.11. The summed E-state index contributed by atoms with van der Waals surface area (Å²) in [7, 11) is 0. The molecule has 0 radical (unpaired) electrons. The monoisotopic (exact) mass is 236 g/mol. The fourth-order valence-electron chi connectivity index (χ4n) is 1.26. The second kappa shape index (κ2) is 5.48. The number of hydrogen-bond acceptors (Lipinski definition) is 4. The van der Waals surface area contributed by atoms with Crippen LogP contribution in [0.1, 0.15) is 10.6 Å². The molecule has 0 bridgehead atoms. The average molecular weight is 236 g/mol. The van der Waals surface area contributed by atoms with E-state index < -0.39 is 0 Å². The van der Waals surface area contributed by atoms with Gasteiger partial charge < -0.3 is 4.42 Å². The molecule has 0 fully saturated rings. The second-order valence-corrected chi connectivity index (χ2v) is 4.27. The highest BCUT2D eigenvalue weighted by molar-refractivity contribution is 7.10. The molecule has 0 aliphatic heterocycles. The molecular formula is C11H12N2O2S. The molecule has 0 unspecified atom stereocenters. The van der Waals surface area contributed by atoms with Crippen LogP contribution in [0.15, 0.2) is 40.3 Å². The van der Waals surface area contributed by atoms with E-state index in [1.54, 1.807) is 17.6 Å². The maximum Gasteiger partial charge on any atom is 0.239 e. The van der Waals surface area contributed by atoms with E-state index in [-0.39, 0.29) is 5.91 Å². The molecule has 84 valence electrons. The maximum absolute atomic E-state index is 11.4. The Morgan fingerprint density at radius 3 is 3.00 bits per heavy atom. The van der Waals surface area contributed by atoms with Gasteiger partial charge in [0.05, 0.1) is 19.2 Å². The number of carbonyl (C=O) groups is 1. The van der Waals surface area contributed by atoms with E-state index in [9.17, 15) is 4.79 Å². The van der Waals surface area contributed by atoms with Crippen molar-refractivity contribution in [1.82, 2.24) is 10.9 Å². The molecule has 0 aliphatic rings. The third-order valence-electron chi connectivity index (χ3n) is 1.99. The number of rotatable bonds is 5. The number of amides is 1. The summed E-state index contributed by atoms with van der Waals surface area (Å²) in [6.45, 7) is 0.489. The Bertz CT molecular complexity index is 423. The van der Waals surface area contributed by atoms with Crippen LogP contribution < -0.4 is 10.9 Å². The molecular weight excluding hydrogens is 224 g/mol. The van der Waals surface area contributed by atoms with Gasteiger partial charge >= 0.3 is 0 Å². The fraction of sp³-hybridized carbons (Fsp3) is 0.182. The number of nitrogens with one attached hydrogen (secondary N) is 2. The Kier molecular flexibility index (Phi) is 3.74. The van der Waals surface area contributed by atoms with E-state index in [4.69, 9.17) is 4.42 Å². The smallest absolute Gasteiger partial charge is 0.239 e. The van der Waals surface area contributed by atoms with Crippen LogP contribution >= 0.6 is 11.3 Å². The second-order valence-electron chi connectivity index (χ2n) is 3.24. The van der Waals surface area contributed by atoms with Crippen LogP contribution in [0.5, 0.6) is 0 Å². The Labute approximate surface area is 97.2 Å². The zero-order valence-corrected chi connectivity index (χ0v) is 9.42. The summed E-state index contributed by atoms with van der Waals surface area (Å²) in [5.41, 5.74) is 5.43. The molecule has 0 saturated heterocycles. The largest absolute Gasteiger partial charge is 0.468 e. The van der Waals surface area contributed by atoms with Crippen LogP contribution in [0.2, 0.25) is 0 Å². The first-order chi connectivity index (χ1) is 7.84. The molecule has 2 aromatic heterocycles. The highest BCUT2D eigenvalue weighted by atomic mass is 32.1. The minimum Gasteiger partial charge on any atom is -0.468 e. The van der Waals surface area contributed by atoms with Crippen LogP contribution in [0.4, 0.5) is 0 Å². The van der Waals surface area contributed by atoms with E-state index >= 15 is 0 Å². The first kappa shape index (κ1) is 10.9. The molecule has 5 heteroatoms. The van der Waals surface area contributed by atoms with Gasteiger partial charge in [-0.3, -0.25) is 10.2 Å². The van der Waals surface area contributed by atoms with Crippen molar-refractivity contribution >= 4 is 17.2 Å². The minimum absolute atomic E-state index is 0.0472. The number of furan rings is 1. The molecule has 2 heterocycles. The summed E-state index contributed by atoms with van der Waals surface area (Å²) in [5, 5.41) is 1.96. The normalized spacial score (nSPS) is 10.2. The molecule has 0 atom stereocenters. The van der Waals surface area contributed by atoms with Crippen molar-refractivity contribution in [2.45, 2.75) is 13.0 Å². The average Bonchev–Trinajstić information content (AvgIpc) is 2.90. The molecule has 1 amide bonds. The summed E-state index contributed by atoms with van der Waals surface area (Å²) in [4.78, 5) is 12.5. The van der Waals surface area contributed by atoms with Gasteiger partial charge in [-0.25, -0.2) is 5.43 Å². The Hall–Kier alpha value is -1.59. The van der Waals surface area contributed by atoms with Crippen molar-refractivity contribution in [2.24, 2.45) is 0 Å². The molecule has 2 aromatic rings. The lowest BCUT2D eigenvalue weighted by Gasteiger charge is -2.04. The van der Waals surface area contributed by atoms with Crippen molar-refractivity contribution in [3.63, 3.8) is 0 Å². The molecule has 16 heavy (non-hydrogen) atoms. The zero-order valence-electron chi connectivity index (χ0n) is 8.60. The van der Waals surface area contributed by atoms with Crippen LogP contribution in [-0.2, 0) is 17.8 Å². The van der Waals surface area contributed by atoms with Crippen LogP contribution in [0.25, 0.3) is 0 Å². The lowest BCUT2D eigenvalue weighted by Crippen LogP contribution is -2.37. The van der Waals surface area contributed by atoms with Crippen LogP contribution in [0.3, 0.4) is 0 Å². The first-order valence-corrected chi connectivity index (χ1v) is 5.79. The van der Waals surface area contributed by atoms with Gasteiger partial charge in [0.25, 0.3) is 0 Å². The maximum atomic E-state index is 11.4. The highest BCUT2D eigenvalue weighted by Gasteiger charge is 2.03. The number of carbonyl (C=O) groups excluding carboxylic acids is 1. The Morgan fingerprint density at radius 1 is 1.38 bits per heavy atom. The minimum atomic E-state index is -0.0472. The van der Waals surface area contributed by atoms with E-state index in [0.29, 0.717) is 13.0 Å².